The number of benzene rings is 1. The molecule has 0 fully saturated rings. The number of amides is 1. The highest BCUT2D eigenvalue weighted by molar-refractivity contribution is 5.90. The first-order valence-corrected chi connectivity index (χ1v) is 6.72. The summed E-state index contributed by atoms with van der Waals surface area (Å²) in [5.41, 5.74) is 6.30. The number of hydrogen-bond donors (Lipinski definition) is 2. The number of ether oxygens (including phenoxy) is 1. The number of hydrogen-bond acceptors (Lipinski definition) is 3. The molecule has 1 aromatic rings. The molecule has 3 N–H and O–H groups in total. The molecule has 1 rings (SSSR count). The molecule has 1 amide bonds. The van der Waals surface area contributed by atoms with Crippen LogP contribution in [0.15, 0.2) is 24.3 Å². The molecule has 0 unspecified atom stereocenters. The van der Waals surface area contributed by atoms with Gasteiger partial charge in [-0.3, -0.25) is 4.79 Å². The Morgan fingerprint density at radius 1 is 1.42 bits per heavy atom. The van der Waals surface area contributed by atoms with Gasteiger partial charge in [-0.05, 0) is 38.8 Å². The van der Waals surface area contributed by atoms with Gasteiger partial charge < -0.3 is 15.8 Å². The van der Waals surface area contributed by atoms with E-state index in [4.69, 9.17) is 10.5 Å². The van der Waals surface area contributed by atoms with Crippen LogP contribution in [0.4, 0.5) is 5.69 Å². The lowest BCUT2D eigenvalue weighted by Gasteiger charge is -2.17. The number of carbonyl (C=O) groups excluding carboxylic acids is 1. The monoisotopic (exact) mass is 264 g/mol. The SMILES string of the molecule is CCCOc1cccc(NC(=O)CCC(C)(C)N)c1. The predicted octanol–water partition coefficient (Wildman–Crippen LogP) is 2.93. The van der Waals surface area contributed by atoms with E-state index in [1.54, 1.807) is 0 Å². The Labute approximate surface area is 115 Å². The lowest BCUT2D eigenvalue weighted by atomic mass is 10.00. The molecule has 19 heavy (non-hydrogen) atoms. The fraction of sp³-hybridized carbons (Fsp3) is 0.533. The third-order valence-corrected chi connectivity index (χ3v) is 2.59. The van der Waals surface area contributed by atoms with Gasteiger partial charge in [-0.2, -0.15) is 0 Å². The number of nitrogens with one attached hydrogen (secondary N) is 1. The molecule has 106 valence electrons. The molecule has 4 nitrogen and oxygen atoms in total. The summed E-state index contributed by atoms with van der Waals surface area (Å²) in [4.78, 5) is 11.8. The van der Waals surface area contributed by atoms with E-state index < -0.39 is 0 Å². The van der Waals surface area contributed by atoms with Gasteiger partial charge in [0.05, 0.1) is 6.61 Å². The van der Waals surface area contributed by atoms with Crippen LogP contribution in [0.5, 0.6) is 5.75 Å². The van der Waals surface area contributed by atoms with Crippen LogP contribution in [0.1, 0.15) is 40.0 Å². The van der Waals surface area contributed by atoms with Crippen molar-refractivity contribution in [2.45, 2.75) is 45.6 Å². The summed E-state index contributed by atoms with van der Waals surface area (Å²) in [7, 11) is 0. The summed E-state index contributed by atoms with van der Waals surface area (Å²) >= 11 is 0. The second kappa shape index (κ2) is 7.14. The summed E-state index contributed by atoms with van der Waals surface area (Å²) in [5, 5.41) is 2.86. The zero-order chi connectivity index (χ0) is 14.3. The Hall–Kier alpha value is -1.55. The van der Waals surface area contributed by atoms with Crippen molar-refractivity contribution >= 4 is 11.6 Å². The summed E-state index contributed by atoms with van der Waals surface area (Å²) in [6.07, 6.45) is 2.04. The molecule has 0 atom stereocenters. The summed E-state index contributed by atoms with van der Waals surface area (Å²) in [6.45, 7) is 6.57. The van der Waals surface area contributed by atoms with E-state index in [-0.39, 0.29) is 11.4 Å². The molecular weight excluding hydrogens is 240 g/mol. The van der Waals surface area contributed by atoms with Crippen molar-refractivity contribution in [2.24, 2.45) is 5.73 Å². The fourth-order valence-corrected chi connectivity index (χ4v) is 1.54. The Morgan fingerprint density at radius 2 is 2.16 bits per heavy atom. The number of carbonyl (C=O) groups is 1. The maximum Gasteiger partial charge on any atom is 0.224 e. The number of anilines is 1. The standard InChI is InChI=1S/C15H24N2O2/c1-4-10-19-13-7-5-6-12(11-13)17-14(18)8-9-15(2,3)16/h5-7,11H,4,8-10,16H2,1-3H3,(H,17,18). The zero-order valence-corrected chi connectivity index (χ0v) is 12.0. The molecule has 0 aliphatic heterocycles. The van der Waals surface area contributed by atoms with Gasteiger partial charge in [0.1, 0.15) is 5.75 Å². The van der Waals surface area contributed by atoms with Crippen LogP contribution in [0.3, 0.4) is 0 Å². The van der Waals surface area contributed by atoms with Crippen LogP contribution in [0.25, 0.3) is 0 Å². The summed E-state index contributed by atoms with van der Waals surface area (Å²) < 4.78 is 5.52. The second-order valence-corrected chi connectivity index (χ2v) is 5.41. The average Bonchev–Trinajstić information content (AvgIpc) is 2.33. The number of rotatable bonds is 7. The predicted molar refractivity (Wildman–Crippen MR) is 78.4 cm³/mol. The van der Waals surface area contributed by atoms with Crippen LogP contribution < -0.4 is 15.8 Å². The second-order valence-electron chi connectivity index (χ2n) is 5.41. The van der Waals surface area contributed by atoms with Crippen molar-refractivity contribution in [3.8, 4) is 5.75 Å². The molecule has 0 aromatic heterocycles. The molecule has 0 saturated carbocycles. The van der Waals surface area contributed by atoms with Gasteiger partial charge in [-0.1, -0.05) is 13.0 Å². The van der Waals surface area contributed by atoms with E-state index in [9.17, 15) is 4.79 Å². The van der Waals surface area contributed by atoms with Crippen LogP contribution >= 0.6 is 0 Å². The van der Waals surface area contributed by atoms with Crippen LogP contribution in [-0.2, 0) is 4.79 Å². The van der Waals surface area contributed by atoms with Crippen LogP contribution in [0, 0.1) is 0 Å². The van der Waals surface area contributed by atoms with Crippen LogP contribution in [0.2, 0.25) is 0 Å². The van der Waals surface area contributed by atoms with Crippen molar-refractivity contribution in [3.05, 3.63) is 24.3 Å². The van der Waals surface area contributed by atoms with Gasteiger partial charge in [0.25, 0.3) is 0 Å². The largest absolute Gasteiger partial charge is 0.494 e. The molecular formula is C15H24N2O2. The normalized spacial score (nSPS) is 11.2. The molecule has 0 bridgehead atoms. The Balaban J connectivity index is 2.49. The highest BCUT2D eigenvalue weighted by Crippen LogP contribution is 2.18. The molecule has 0 aliphatic rings. The van der Waals surface area contributed by atoms with Gasteiger partial charge in [0.2, 0.25) is 5.91 Å². The average molecular weight is 264 g/mol. The third kappa shape index (κ3) is 6.82. The molecule has 0 saturated heterocycles. The van der Waals surface area contributed by atoms with Crippen molar-refractivity contribution < 1.29 is 9.53 Å². The van der Waals surface area contributed by atoms with E-state index in [0.717, 1.165) is 17.9 Å². The molecule has 0 spiro atoms. The quantitative estimate of drug-likeness (QED) is 0.796. The van der Waals surface area contributed by atoms with Crippen molar-refractivity contribution in [1.82, 2.24) is 0 Å². The maximum absolute atomic E-state index is 11.8. The minimum absolute atomic E-state index is 0.0221. The number of nitrogens with two attached hydrogens (primary N) is 1. The fourth-order valence-electron chi connectivity index (χ4n) is 1.54. The first kappa shape index (κ1) is 15.5. The highest BCUT2D eigenvalue weighted by atomic mass is 16.5. The van der Waals surface area contributed by atoms with Gasteiger partial charge in [0.15, 0.2) is 0 Å². The summed E-state index contributed by atoms with van der Waals surface area (Å²) in [6, 6.07) is 7.44. The van der Waals surface area contributed by atoms with Crippen molar-refractivity contribution in [2.75, 3.05) is 11.9 Å². The minimum atomic E-state index is -0.316. The Bertz CT molecular complexity index is 411. The minimum Gasteiger partial charge on any atom is -0.494 e. The molecule has 0 heterocycles. The lowest BCUT2D eigenvalue weighted by Crippen LogP contribution is -2.33. The molecule has 1 aromatic carbocycles. The van der Waals surface area contributed by atoms with Gasteiger partial charge in [-0.25, -0.2) is 0 Å². The van der Waals surface area contributed by atoms with E-state index in [0.29, 0.717) is 19.4 Å². The van der Waals surface area contributed by atoms with Gasteiger partial charge >= 0.3 is 0 Å². The molecule has 0 aliphatic carbocycles. The zero-order valence-electron chi connectivity index (χ0n) is 12.0. The van der Waals surface area contributed by atoms with Crippen molar-refractivity contribution in [1.29, 1.82) is 0 Å². The molecule has 0 radical (unpaired) electrons. The first-order valence-electron chi connectivity index (χ1n) is 6.72. The van der Waals surface area contributed by atoms with Crippen LogP contribution in [-0.4, -0.2) is 18.1 Å². The first-order chi connectivity index (χ1) is 8.90. The van der Waals surface area contributed by atoms with E-state index in [1.807, 2.05) is 38.1 Å². The Kier molecular flexibility index (Phi) is 5.83. The molecule has 4 heteroatoms. The van der Waals surface area contributed by atoms with Crippen molar-refractivity contribution in [3.63, 3.8) is 0 Å². The lowest BCUT2D eigenvalue weighted by molar-refractivity contribution is -0.116. The Morgan fingerprint density at radius 3 is 2.79 bits per heavy atom. The van der Waals surface area contributed by atoms with E-state index in [1.165, 1.54) is 0 Å². The van der Waals surface area contributed by atoms with Gasteiger partial charge in [0, 0.05) is 23.7 Å². The van der Waals surface area contributed by atoms with Gasteiger partial charge in [-0.15, -0.1) is 0 Å². The maximum atomic E-state index is 11.8. The van der Waals surface area contributed by atoms with E-state index >= 15 is 0 Å². The third-order valence-electron chi connectivity index (χ3n) is 2.59. The van der Waals surface area contributed by atoms with E-state index in [2.05, 4.69) is 12.2 Å². The smallest absolute Gasteiger partial charge is 0.224 e. The highest BCUT2D eigenvalue weighted by Gasteiger charge is 2.13. The topological polar surface area (TPSA) is 64.3 Å². The summed E-state index contributed by atoms with van der Waals surface area (Å²) in [5.74, 6) is 0.755.